The van der Waals surface area contributed by atoms with Gasteiger partial charge in [-0.25, -0.2) is 0 Å². The van der Waals surface area contributed by atoms with Crippen molar-refractivity contribution in [3.63, 3.8) is 0 Å². The Hall–Kier alpha value is -2.12. The Labute approximate surface area is 183 Å². The summed E-state index contributed by atoms with van der Waals surface area (Å²) in [6.45, 7) is 11.0. The highest BCUT2D eigenvalue weighted by molar-refractivity contribution is 5.91. The molecule has 0 spiro atoms. The van der Waals surface area contributed by atoms with Crippen LogP contribution in [0.25, 0.3) is 0 Å². The fraction of sp³-hybridized carbons (Fsp3) is 0.826. The first-order valence-electron chi connectivity index (χ1n) is 10.7. The number of aliphatic carboxylic acids is 1. The molecule has 0 aromatic carbocycles. The molecule has 0 unspecified atom stereocenters. The fourth-order valence-corrected chi connectivity index (χ4v) is 5.44. The third-order valence-electron chi connectivity index (χ3n) is 6.80. The normalized spacial score (nSPS) is 36.6. The van der Waals surface area contributed by atoms with Gasteiger partial charge in [-0.05, 0) is 80.1 Å². The first kappa shape index (κ1) is 23.5. The van der Waals surface area contributed by atoms with Gasteiger partial charge in [-0.2, -0.15) is 0 Å². The molecule has 0 amide bonds. The van der Waals surface area contributed by atoms with E-state index in [0.29, 0.717) is 38.5 Å². The van der Waals surface area contributed by atoms with Crippen LogP contribution in [0.3, 0.4) is 0 Å². The number of esters is 3. The molecule has 8 nitrogen and oxygen atoms in total. The fourth-order valence-electron chi connectivity index (χ4n) is 5.44. The molecule has 0 saturated heterocycles. The lowest BCUT2D eigenvalue weighted by Crippen LogP contribution is -2.69. The van der Waals surface area contributed by atoms with Crippen molar-refractivity contribution in [1.82, 2.24) is 0 Å². The van der Waals surface area contributed by atoms with Gasteiger partial charge in [0.25, 0.3) is 0 Å². The number of carbonyl (C=O) groups excluding carboxylic acids is 3. The van der Waals surface area contributed by atoms with Crippen LogP contribution in [0.1, 0.15) is 80.1 Å². The number of rotatable bonds is 4. The Kier molecular flexibility index (Phi) is 5.08. The predicted octanol–water partition coefficient (Wildman–Crippen LogP) is 3.25. The van der Waals surface area contributed by atoms with Crippen molar-refractivity contribution in [3.05, 3.63) is 0 Å². The molecule has 0 aromatic heterocycles. The minimum atomic E-state index is -0.770. The van der Waals surface area contributed by atoms with Gasteiger partial charge < -0.3 is 19.3 Å². The molecule has 8 heteroatoms. The second-order valence-electron chi connectivity index (χ2n) is 12.0. The molecule has 6 aliphatic rings. The number of methoxy groups -OCH3 is 1. The maximum Gasteiger partial charge on any atom is 0.312 e. The lowest BCUT2D eigenvalue weighted by Gasteiger charge is -2.66. The van der Waals surface area contributed by atoms with E-state index in [1.54, 1.807) is 0 Å². The minimum Gasteiger partial charge on any atom is -0.481 e. The summed E-state index contributed by atoms with van der Waals surface area (Å²) >= 11 is 0. The van der Waals surface area contributed by atoms with Crippen LogP contribution >= 0.6 is 0 Å². The third-order valence-corrected chi connectivity index (χ3v) is 6.80. The SMILES string of the molecule is CC(C)(C)OC(=O)C12CC(C(=O)O)(C1)C2.COC(=O)C12CC(C(=O)OC(C)(C)C)(C1)C2. The summed E-state index contributed by atoms with van der Waals surface area (Å²) in [5.74, 6) is -1.34. The Balaban J connectivity index is 0.000000176. The number of carbonyl (C=O) groups is 4. The molecule has 0 aliphatic heterocycles. The van der Waals surface area contributed by atoms with E-state index >= 15 is 0 Å². The van der Waals surface area contributed by atoms with Crippen molar-refractivity contribution >= 4 is 23.9 Å². The Morgan fingerprint density at radius 2 is 0.903 bits per heavy atom. The summed E-state index contributed by atoms with van der Waals surface area (Å²) in [7, 11) is 1.39. The zero-order chi connectivity index (χ0) is 23.7. The van der Waals surface area contributed by atoms with E-state index in [9.17, 15) is 19.2 Å². The van der Waals surface area contributed by atoms with Crippen molar-refractivity contribution in [2.24, 2.45) is 21.7 Å². The van der Waals surface area contributed by atoms with Gasteiger partial charge in [0.2, 0.25) is 0 Å². The van der Waals surface area contributed by atoms with E-state index in [-0.39, 0.29) is 28.7 Å². The Morgan fingerprint density at radius 1 is 0.613 bits per heavy atom. The first-order chi connectivity index (χ1) is 13.9. The summed E-state index contributed by atoms with van der Waals surface area (Å²) in [4.78, 5) is 45.9. The lowest BCUT2D eigenvalue weighted by atomic mass is 9.35. The van der Waals surface area contributed by atoms with Crippen molar-refractivity contribution in [1.29, 1.82) is 0 Å². The third kappa shape index (κ3) is 3.82. The molecule has 31 heavy (non-hydrogen) atoms. The number of ether oxygens (including phenoxy) is 3. The van der Waals surface area contributed by atoms with Crippen molar-refractivity contribution in [3.8, 4) is 0 Å². The van der Waals surface area contributed by atoms with E-state index in [1.807, 2.05) is 41.5 Å². The summed E-state index contributed by atoms with van der Waals surface area (Å²) < 4.78 is 15.4. The molecule has 0 heterocycles. The van der Waals surface area contributed by atoms with Gasteiger partial charge in [0.15, 0.2) is 0 Å². The van der Waals surface area contributed by atoms with Crippen LogP contribution in [-0.4, -0.2) is 47.3 Å². The van der Waals surface area contributed by atoms with Gasteiger partial charge >= 0.3 is 23.9 Å². The van der Waals surface area contributed by atoms with Crippen LogP contribution in [0.2, 0.25) is 0 Å². The Bertz CT molecular complexity index is 786. The van der Waals surface area contributed by atoms with E-state index in [1.165, 1.54) is 7.11 Å². The molecular weight excluding hydrogens is 404 g/mol. The van der Waals surface area contributed by atoms with Crippen LogP contribution in [0.15, 0.2) is 0 Å². The zero-order valence-electron chi connectivity index (χ0n) is 19.5. The van der Waals surface area contributed by atoms with Gasteiger partial charge in [0, 0.05) is 0 Å². The molecule has 0 radical (unpaired) electrons. The minimum absolute atomic E-state index is 0.161. The van der Waals surface area contributed by atoms with E-state index in [0.717, 1.165) is 0 Å². The van der Waals surface area contributed by atoms with Crippen molar-refractivity contribution in [2.75, 3.05) is 7.11 Å². The number of hydrogen-bond donors (Lipinski definition) is 1. The Morgan fingerprint density at radius 3 is 1.16 bits per heavy atom. The second kappa shape index (κ2) is 6.69. The highest BCUT2D eigenvalue weighted by atomic mass is 16.6. The number of hydrogen-bond acceptors (Lipinski definition) is 7. The van der Waals surface area contributed by atoms with Gasteiger partial charge in [0.1, 0.15) is 11.2 Å². The molecule has 174 valence electrons. The van der Waals surface area contributed by atoms with Crippen molar-refractivity contribution < 1.29 is 38.5 Å². The molecular formula is C23H34O8. The van der Waals surface area contributed by atoms with Crippen LogP contribution < -0.4 is 0 Å². The molecule has 0 aromatic rings. The quantitative estimate of drug-likeness (QED) is 0.525. The van der Waals surface area contributed by atoms with Crippen LogP contribution in [0.5, 0.6) is 0 Å². The van der Waals surface area contributed by atoms with Gasteiger partial charge in [-0.3, -0.25) is 19.2 Å². The van der Waals surface area contributed by atoms with E-state index < -0.39 is 28.0 Å². The van der Waals surface area contributed by atoms with E-state index in [2.05, 4.69) is 0 Å². The first-order valence-corrected chi connectivity index (χ1v) is 10.7. The molecule has 6 rings (SSSR count). The largest absolute Gasteiger partial charge is 0.481 e. The topological polar surface area (TPSA) is 116 Å². The lowest BCUT2D eigenvalue weighted by molar-refractivity contribution is -0.241. The van der Waals surface area contributed by atoms with Crippen LogP contribution in [0, 0.1) is 21.7 Å². The summed E-state index contributed by atoms with van der Waals surface area (Å²) in [5.41, 5.74) is -2.76. The molecule has 6 aliphatic carbocycles. The van der Waals surface area contributed by atoms with Gasteiger partial charge in [-0.15, -0.1) is 0 Å². The molecule has 0 atom stereocenters. The molecule has 4 bridgehead atoms. The highest BCUT2D eigenvalue weighted by Gasteiger charge is 2.77. The second-order valence-corrected chi connectivity index (χ2v) is 12.0. The van der Waals surface area contributed by atoms with Crippen LogP contribution in [-0.2, 0) is 33.4 Å². The predicted molar refractivity (Wildman–Crippen MR) is 109 cm³/mol. The summed E-state index contributed by atoms with van der Waals surface area (Å²) in [6.07, 6.45) is 3.18. The molecule has 6 saturated carbocycles. The maximum atomic E-state index is 11.9. The van der Waals surface area contributed by atoms with E-state index in [4.69, 9.17) is 19.3 Å². The zero-order valence-corrected chi connectivity index (χ0v) is 19.5. The smallest absolute Gasteiger partial charge is 0.312 e. The number of carboxylic acids is 1. The monoisotopic (exact) mass is 438 g/mol. The standard InChI is InChI=1S/C12H18O4.C11H16O4/c1-10(2,3)16-9(14)12-5-11(6-12,7-12)8(13)15-4;1-9(2,3)15-8(14)11-4-10(5-11,6-11)7(12)13/h5-7H2,1-4H3;4-6H2,1-3H3,(H,12,13). The average Bonchev–Trinajstić information content (AvgIpc) is 2.36. The summed E-state index contributed by atoms with van der Waals surface area (Å²) in [5, 5.41) is 8.91. The van der Waals surface area contributed by atoms with Crippen LogP contribution in [0.4, 0.5) is 0 Å². The van der Waals surface area contributed by atoms with Gasteiger partial charge in [-0.1, -0.05) is 0 Å². The summed E-state index contributed by atoms with van der Waals surface area (Å²) in [6, 6.07) is 0. The molecule has 6 fully saturated rings. The van der Waals surface area contributed by atoms with Gasteiger partial charge in [0.05, 0.1) is 28.8 Å². The van der Waals surface area contributed by atoms with Crippen molar-refractivity contribution in [2.45, 2.75) is 91.3 Å². The molecule has 1 N–H and O–H groups in total. The maximum absolute atomic E-state index is 11.9. The number of carboxylic acid groups (broad SMARTS) is 1. The average molecular weight is 439 g/mol. The highest BCUT2D eigenvalue weighted by Crippen LogP contribution is 2.74.